The minimum absolute atomic E-state index is 0.121. The third-order valence-electron chi connectivity index (χ3n) is 4.61. The lowest BCUT2D eigenvalue weighted by Gasteiger charge is -2.24. The van der Waals surface area contributed by atoms with Crippen LogP contribution in [0, 0.1) is 5.92 Å². The van der Waals surface area contributed by atoms with E-state index in [9.17, 15) is 14.7 Å². The van der Waals surface area contributed by atoms with Gasteiger partial charge in [0.15, 0.2) is 0 Å². The van der Waals surface area contributed by atoms with Crippen molar-refractivity contribution in [2.45, 2.75) is 32.9 Å². The molecule has 1 atom stereocenters. The maximum Gasteiger partial charge on any atom is 0.326 e. The van der Waals surface area contributed by atoms with Crippen LogP contribution in [0.15, 0.2) is 53.4 Å². The molecule has 1 N–H and O–H groups in total. The van der Waals surface area contributed by atoms with E-state index in [1.165, 1.54) is 4.90 Å². The molecule has 31 heavy (non-hydrogen) atoms. The Balaban J connectivity index is 1.68. The molecule has 5 nitrogen and oxygen atoms in total. The van der Waals surface area contributed by atoms with Gasteiger partial charge in [-0.2, -0.15) is 0 Å². The van der Waals surface area contributed by atoms with Gasteiger partial charge < -0.3 is 9.84 Å². The Hall–Kier alpha value is -2.35. The van der Waals surface area contributed by atoms with Crippen LogP contribution in [0.25, 0.3) is 6.08 Å². The number of hydrogen-bond acceptors (Lipinski definition) is 5. The molecule has 1 fully saturated rings. The number of thiocarbonyl (C=S) groups is 1. The van der Waals surface area contributed by atoms with Gasteiger partial charge in [-0.1, -0.05) is 73.7 Å². The fourth-order valence-electron chi connectivity index (χ4n) is 3.07. The summed E-state index contributed by atoms with van der Waals surface area (Å²) in [4.78, 5) is 26.2. The van der Waals surface area contributed by atoms with Gasteiger partial charge in [0.05, 0.1) is 4.91 Å². The summed E-state index contributed by atoms with van der Waals surface area (Å²) in [5.41, 5.74) is 1.81. The Bertz CT molecular complexity index is 1000. The maximum atomic E-state index is 12.8. The summed E-state index contributed by atoms with van der Waals surface area (Å²) in [6.07, 6.45) is 2.06. The average molecular weight is 476 g/mol. The number of carboxylic acid groups (broad SMARTS) is 1. The van der Waals surface area contributed by atoms with Gasteiger partial charge in [0, 0.05) is 5.02 Å². The lowest BCUT2D eigenvalue weighted by atomic mass is 10.0. The smallest absolute Gasteiger partial charge is 0.326 e. The molecule has 0 bridgehead atoms. The van der Waals surface area contributed by atoms with Crippen LogP contribution < -0.4 is 4.74 Å². The number of thioether (sulfide) groups is 1. The van der Waals surface area contributed by atoms with Crippen LogP contribution in [0.5, 0.6) is 5.75 Å². The minimum Gasteiger partial charge on any atom is -0.489 e. The Labute approximate surface area is 196 Å². The van der Waals surface area contributed by atoms with E-state index in [0.29, 0.717) is 28.7 Å². The molecule has 2 aromatic carbocycles. The van der Waals surface area contributed by atoms with Gasteiger partial charge >= 0.3 is 5.97 Å². The minimum atomic E-state index is -1.05. The van der Waals surface area contributed by atoms with Crippen molar-refractivity contribution < 1.29 is 19.4 Å². The SMILES string of the molecule is CC(C)CC(C(=O)O)N1C(=O)/C(=C/c2ccc(OCc3ccc(Cl)cc3)cc2)SC1=S. The van der Waals surface area contributed by atoms with E-state index in [1.807, 2.05) is 62.4 Å². The van der Waals surface area contributed by atoms with Gasteiger partial charge in [0.2, 0.25) is 0 Å². The molecule has 0 spiro atoms. The van der Waals surface area contributed by atoms with E-state index in [1.54, 1.807) is 6.08 Å². The number of aliphatic carboxylic acids is 1. The number of amides is 1. The number of carbonyl (C=O) groups is 2. The highest BCUT2D eigenvalue weighted by atomic mass is 35.5. The highest BCUT2D eigenvalue weighted by Crippen LogP contribution is 2.35. The highest BCUT2D eigenvalue weighted by Gasteiger charge is 2.40. The lowest BCUT2D eigenvalue weighted by molar-refractivity contribution is -0.145. The number of carboxylic acids is 1. The molecule has 0 saturated carbocycles. The summed E-state index contributed by atoms with van der Waals surface area (Å²) < 4.78 is 6.05. The largest absolute Gasteiger partial charge is 0.489 e. The van der Waals surface area contributed by atoms with Gasteiger partial charge in [-0.3, -0.25) is 9.69 Å². The first-order chi connectivity index (χ1) is 14.7. The normalized spacial score (nSPS) is 16.3. The Kier molecular flexibility index (Phi) is 7.75. The first-order valence-electron chi connectivity index (χ1n) is 9.71. The van der Waals surface area contributed by atoms with E-state index >= 15 is 0 Å². The number of halogens is 1. The molecule has 1 aliphatic heterocycles. The monoisotopic (exact) mass is 475 g/mol. The topological polar surface area (TPSA) is 66.8 Å². The molecule has 0 radical (unpaired) electrons. The number of rotatable bonds is 8. The summed E-state index contributed by atoms with van der Waals surface area (Å²) in [5, 5.41) is 10.2. The third-order valence-corrected chi connectivity index (χ3v) is 6.19. The second kappa shape index (κ2) is 10.3. The van der Waals surface area contributed by atoms with E-state index in [2.05, 4.69) is 0 Å². The molecule has 1 aliphatic rings. The molecular weight excluding hydrogens is 454 g/mol. The van der Waals surface area contributed by atoms with Crippen molar-refractivity contribution in [3.63, 3.8) is 0 Å². The Morgan fingerprint density at radius 3 is 2.42 bits per heavy atom. The molecule has 0 aromatic heterocycles. The molecule has 8 heteroatoms. The number of benzene rings is 2. The van der Waals surface area contributed by atoms with Gasteiger partial charge in [0.25, 0.3) is 5.91 Å². The van der Waals surface area contributed by atoms with Gasteiger partial charge in [-0.15, -0.1) is 0 Å². The van der Waals surface area contributed by atoms with Crippen LogP contribution >= 0.6 is 35.6 Å². The first-order valence-corrected chi connectivity index (χ1v) is 11.3. The number of hydrogen-bond donors (Lipinski definition) is 1. The molecule has 0 aliphatic carbocycles. The van der Waals surface area contributed by atoms with Crippen LogP contribution in [0.2, 0.25) is 5.02 Å². The molecule has 2 aromatic rings. The van der Waals surface area contributed by atoms with Crippen molar-refractivity contribution in [3.8, 4) is 5.75 Å². The Morgan fingerprint density at radius 2 is 1.84 bits per heavy atom. The summed E-state index contributed by atoms with van der Waals surface area (Å²) in [5.74, 6) is -0.600. The Morgan fingerprint density at radius 1 is 1.19 bits per heavy atom. The fraction of sp³-hybridized carbons (Fsp3) is 0.261. The van der Waals surface area contributed by atoms with E-state index in [4.69, 9.17) is 28.6 Å². The van der Waals surface area contributed by atoms with Crippen LogP contribution in [-0.2, 0) is 16.2 Å². The van der Waals surface area contributed by atoms with Crippen LogP contribution in [0.1, 0.15) is 31.4 Å². The molecular formula is C23H22ClNO4S2. The molecule has 3 rings (SSSR count). The number of carbonyl (C=O) groups excluding carboxylic acids is 1. The molecule has 1 amide bonds. The number of nitrogens with zero attached hydrogens (tertiary/aromatic N) is 1. The van der Waals surface area contributed by atoms with Crippen LogP contribution in [0.3, 0.4) is 0 Å². The van der Waals surface area contributed by atoms with E-state index < -0.39 is 12.0 Å². The summed E-state index contributed by atoms with van der Waals surface area (Å²) in [6.45, 7) is 4.25. The quantitative estimate of drug-likeness (QED) is 0.395. The van der Waals surface area contributed by atoms with Crippen molar-refractivity contribution in [1.29, 1.82) is 0 Å². The van der Waals surface area contributed by atoms with Crippen molar-refractivity contribution in [2.75, 3.05) is 0 Å². The second-order valence-corrected chi connectivity index (χ2v) is 9.63. The van der Waals surface area contributed by atoms with Crippen molar-refractivity contribution >= 4 is 57.9 Å². The molecule has 1 saturated heterocycles. The summed E-state index contributed by atoms with van der Waals surface area (Å²) in [7, 11) is 0. The zero-order chi connectivity index (χ0) is 22.5. The third kappa shape index (κ3) is 6.09. The molecule has 162 valence electrons. The summed E-state index contributed by atoms with van der Waals surface area (Å²) >= 11 is 12.3. The number of ether oxygens (including phenoxy) is 1. The maximum absolute atomic E-state index is 12.8. The molecule has 1 heterocycles. The first kappa shape index (κ1) is 23.3. The van der Waals surface area contributed by atoms with Gasteiger partial charge in [-0.05, 0) is 53.8 Å². The van der Waals surface area contributed by atoms with Gasteiger partial charge in [-0.25, -0.2) is 4.79 Å². The van der Waals surface area contributed by atoms with Crippen molar-refractivity contribution in [1.82, 2.24) is 4.90 Å². The average Bonchev–Trinajstić information content (AvgIpc) is 2.99. The second-order valence-electron chi connectivity index (χ2n) is 7.52. The summed E-state index contributed by atoms with van der Waals surface area (Å²) in [6, 6.07) is 13.8. The van der Waals surface area contributed by atoms with Gasteiger partial charge in [0.1, 0.15) is 22.7 Å². The van der Waals surface area contributed by atoms with Crippen molar-refractivity contribution in [3.05, 3.63) is 69.6 Å². The predicted molar refractivity (Wildman–Crippen MR) is 128 cm³/mol. The van der Waals surface area contributed by atoms with E-state index in [-0.39, 0.29) is 16.1 Å². The molecule has 1 unspecified atom stereocenters. The fourth-order valence-corrected chi connectivity index (χ4v) is 4.55. The van der Waals surface area contributed by atoms with Crippen molar-refractivity contribution in [2.24, 2.45) is 5.92 Å². The van der Waals surface area contributed by atoms with Crippen LogP contribution in [-0.4, -0.2) is 32.2 Å². The zero-order valence-electron chi connectivity index (χ0n) is 17.1. The lowest BCUT2D eigenvalue weighted by Crippen LogP contribution is -2.44. The van der Waals surface area contributed by atoms with E-state index in [0.717, 1.165) is 22.9 Å². The predicted octanol–water partition coefficient (Wildman–Crippen LogP) is 5.62. The van der Waals surface area contributed by atoms with Crippen LogP contribution in [0.4, 0.5) is 0 Å². The zero-order valence-corrected chi connectivity index (χ0v) is 19.5. The highest BCUT2D eigenvalue weighted by molar-refractivity contribution is 8.26. The standard InChI is InChI=1S/C23H22ClNO4S2/c1-14(2)11-19(22(27)28)25-21(26)20(31-23(25)30)12-15-5-9-18(10-6-15)29-13-16-3-7-17(24)8-4-16/h3-10,12,14,19H,11,13H2,1-2H3,(H,27,28)/b20-12-.